The van der Waals surface area contributed by atoms with Crippen molar-refractivity contribution in [1.82, 2.24) is 0 Å². The highest BCUT2D eigenvalue weighted by Crippen LogP contribution is 2.26. The molecule has 3 rings (SSSR count). The molecule has 0 aromatic heterocycles. The summed E-state index contributed by atoms with van der Waals surface area (Å²) in [7, 11) is 0. The van der Waals surface area contributed by atoms with Gasteiger partial charge in [-0.3, -0.25) is 0 Å². The Morgan fingerprint density at radius 2 is 1.29 bits per heavy atom. The Morgan fingerprint density at radius 3 is 1.94 bits per heavy atom. The van der Waals surface area contributed by atoms with Crippen LogP contribution in [0.15, 0.2) is 54.6 Å². The van der Waals surface area contributed by atoms with Crippen molar-refractivity contribution in [2.75, 3.05) is 0 Å². The smallest absolute Gasteiger partial charge is 0.385 e. The molecule has 3 aromatic rings. The van der Waals surface area contributed by atoms with Gasteiger partial charge in [-0.25, -0.2) is 0 Å². The molecule has 3 heteroatoms. The zero-order chi connectivity index (χ0) is 11.0. The summed E-state index contributed by atoms with van der Waals surface area (Å²) in [6.45, 7) is 0. The van der Waals surface area contributed by atoms with E-state index < -0.39 is 0 Å². The van der Waals surface area contributed by atoms with E-state index >= 15 is 0 Å². The van der Waals surface area contributed by atoms with Gasteiger partial charge in [0, 0.05) is 12.1 Å². The Labute approximate surface area is 105 Å². The van der Waals surface area contributed by atoms with Gasteiger partial charge in [0.15, 0.2) is 4.98 Å². The van der Waals surface area contributed by atoms with Crippen molar-refractivity contribution in [2.45, 2.75) is 0 Å². The third kappa shape index (κ3) is 1.93. The molecule has 2 nitrogen and oxygen atoms in total. The summed E-state index contributed by atoms with van der Waals surface area (Å²) in [5.41, 5.74) is 0.586. The lowest BCUT2D eigenvalue weighted by Gasteiger charge is -2.00. The Hall–Kier alpha value is -2.11. The summed E-state index contributed by atoms with van der Waals surface area (Å²) in [6, 6.07) is 18.1. The summed E-state index contributed by atoms with van der Waals surface area (Å²) in [6.07, 6.45) is 0. The Balaban J connectivity index is 0.00000108. The van der Waals surface area contributed by atoms with Gasteiger partial charge in [-0.15, -0.1) is 0 Å². The standard InChI is InChI=1S/C14H9N2.ClH/c15-16-14-6-5-12-7-10-3-1-2-4-11(10)8-13(12)9-14;/h1-9H;1H/q+1;/p-1. The molecule has 0 saturated carbocycles. The van der Waals surface area contributed by atoms with E-state index in [9.17, 15) is 0 Å². The number of hydrogen-bond acceptors (Lipinski definition) is 1. The largest absolute Gasteiger partial charge is 1.00 e. The number of hydrogen-bond donors (Lipinski definition) is 0. The van der Waals surface area contributed by atoms with Crippen LogP contribution in [0.5, 0.6) is 0 Å². The van der Waals surface area contributed by atoms with Crippen molar-refractivity contribution in [2.24, 2.45) is 0 Å². The van der Waals surface area contributed by atoms with Gasteiger partial charge in [0.25, 0.3) is 0 Å². The molecule has 0 spiro atoms. The van der Waals surface area contributed by atoms with Gasteiger partial charge in [0.1, 0.15) is 0 Å². The molecule has 0 saturated heterocycles. The highest BCUT2D eigenvalue weighted by molar-refractivity contribution is 5.99. The minimum Gasteiger partial charge on any atom is -1.00 e. The average Bonchev–Trinajstić information content (AvgIpc) is 2.35. The van der Waals surface area contributed by atoms with Crippen molar-refractivity contribution in [3.05, 3.63) is 59.6 Å². The number of nitrogens with zero attached hydrogens (tertiary/aromatic N) is 2. The Bertz CT molecular complexity index is 729. The quantitative estimate of drug-likeness (QED) is 0.432. The molecule has 0 atom stereocenters. The second-order valence-corrected chi connectivity index (χ2v) is 3.83. The summed E-state index contributed by atoms with van der Waals surface area (Å²) < 4.78 is 0. The first-order valence-electron chi connectivity index (χ1n) is 5.14. The molecule has 0 unspecified atom stereocenters. The van der Waals surface area contributed by atoms with Gasteiger partial charge in [0.05, 0.1) is 0 Å². The van der Waals surface area contributed by atoms with E-state index in [-0.39, 0.29) is 12.4 Å². The van der Waals surface area contributed by atoms with Crippen LogP contribution in [0.4, 0.5) is 5.69 Å². The number of rotatable bonds is 0. The van der Waals surface area contributed by atoms with Gasteiger partial charge < -0.3 is 12.4 Å². The zero-order valence-electron chi connectivity index (χ0n) is 8.97. The fourth-order valence-electron chi connectivity index (χ4n) is 1.99. The van der Waals surface area contributed by atoms with Crippen LogP contribution in [-0.4, -0.2) is 0 Å². The molecule has 0 aliphatic rings. The highest BCUT2D eigenvalue weighted by Gasteiger charge is 2.05. The zero-order valence-corrected chi connectivity index (χ0v) is 9.72. The molecule has 0 bridgehead atoms. The summed E-state index contributed by atoms with van der Waals surface area (Å²) in [4.78, 5) is 3.20. The van der Waals surface area contributed by atoms with E-state index in [1.807, 2.05) is 24.3 Å². The molecule has 0 amide bonds. The van der Waals surface area contributed by atoms with Crippen LogP contribution in [0, 0.1) is 5.39 Å². The lowest BCUT2D eigenvalue weighted by molar-refractivity contribution is -0.00000327. The normalized spacial score (nSPS) is 9.82. The molecule has 0 N–H and O–H groups in total. The van der Waals surface area contributed by atoms with Crippen LogP contribution in [0.2, 0.25) is 0 Å². The molecule has 82 valence electrons. The minimum absolute atomic E-state index is 0. The molecule has 0 aliphatic carbocycles. The average molecular weight is 241 g/mol. The first-order valence-corrected chi connectivity index (χ1v) is 5.14. The highest BCUT2D eigenvalue weighted by atomic mass is 35.5. The van der Waals surface area contributed by atoms with Crippen molar-refractivity contribution in [3.8, 4) is 0 Å². The van der Waals surface area contributed by atoms with E-state index in [1.54, 1.807) is 6.07 Å². The monoisotopic (exact) mass is 240 g/mol. The Kier molecular flexibility index (Phi) is 2.95. The SMILES string of the molecule is N#[N+]c1ccc2cc3ccccc3cc2c1.[Cl-]. The predicted molar refractivity (Wildman–Crippen MR) is 66.2 cm³/mol. The van der Waals surface area contributed by atoms with Gasteiger partial charge in [0.2, 0.25) is 5.39 Å². The molecule has 0 fully saturated rings. The number of diazo groups is 1. The second kappa shape index (κ2) is 4.40. The van der Waals surface area contributed by atoms with Crippen LogP contribution in [0.1, 0.15) is 0 Å². The van der Waals surface area contributed by atoms with Gasteiger partial charge in [-0.2, -0.15) is 0 Å². The summed E-state index contributed by atoms with van der Waals surface area (Å²) in [5.74, 6) is 0. The van der Waals surface area contributed by atoms with Crippen LogP contribution in [0.25, 0.3) is 26.5 Å². The molecule has 0 radical (unpaired) electrons. The fourth-order valence-corrected chi connectivity index (χ4v) is 1.99. The van der Waals surface area contributed by atoms with Crippen molar-refractivity contribution in [3.63, 3.8) is 0 Å². The van der Waals surface area contributed by atoms with Crippen molar-refractivity contribution >= 4 is 27.2 Å². The van der Waals surface area contributed by atoms with Gasteiger partial charge >= 0.3 is 5.69 Å². The van der Waals surface area contributed by atoms with Crippen LogP contribution in [-0.2, 0) is 0 Å². The maximum Gasteiger partial charge on any atom is 0.385 e. The van der Waals surface area contributed by atoms with Gasteiger partial charge in [-0.05, 0) is 39.7 Å². The van der Waals surface area contributed by atoms with E-state index in [4.69, 9.17) is 5.39 Å². The molecule has 0 aliphatic heterocycles. The van der Waals surface area contributed by atoms with E-state index in [0.29, 0.717) is 5.69 Å². The second-order valence-electron chi connectivity index (χ2n) is 3.83. The fraction of sp³-hybridized carbons (Fsp3) is 0. The van der Waals surface area contributed by atoms with Crippen molar-refractivity contribution < 1.29 is 12.4 Å². The Morgan fingerprint density at radius 1 is 0.706 bits per heavy atom. The van der Waals surface area contributed by atoms with Crippen molar-refractivity contribution in [1.29, 1.82) is 5.39 Å². The predicted octanol–water partition coefficient (Wildman–Crippen LogP) is 1.48. The molecule has 17 heavy (non-hydrogen) atoms. The topological polar surface area (TPSA) is 28.1 Å². The van der Waals surface area contributed by atoms with E-state index in [1.165, 1.54) is 10.8 Å². The van der Waals surface area contributed by atoms with E-state index in [2.05, 4.69) is 29.2 Å². The number of halogens is 1. The summed E-state index contributed by atoms with van der Waals surface area (Å²) in [5, 5.41) is 13.4. The van der Waals surface area contributed by atoms with E-state index in [0.717, 1.165) is 10.8 Å². The first-order chi connectivity index (χ1) is 7.86. The van der Waals surface area contributed by atoms with Crippen LogP contribution in [0.3, 0.4) is 0 Å². The van der Waals surface area contributed by atoms with Crippen LogP contribution < -0.4 is 12.4 Å². The third-order valence-electron chi connectivity index (χ3n) is 2.80. The summed E-state index contributed by atoms with van der Waals surface area (Å²) >= 11 is 0. The minimum atomic E-state index is 0. The maximum absolute atomic E-state index is 8.74. The third-order valence-corrected chi connectivity index (χ3v) is 2.80. The molecular formula is C14H9ClN2. The number of benzene rings is 3. The van der Waals surface area contributed by atoms with Crippen LogP contribution >= 0.6 is 0 Å². The molecule has 0 heterocycles. The lowest BCUT2D eigenvalue weighted by Crippen LogP contribution is -3.00. The van der Waals surface area contributed by atoms with Gasteiger partial charge in [-0.1, -0.05) is 24.3 Å². The molecular weight excluding hydrogens is 232 g/mol. The lowest BCUT2D eigenvalue weighted by atomic mass is 10.0. The maximum atomic E-state index is 8.74. The first kappa shape index (κ1) is 11.4. The molecule has 3 aromatic carbocycles. The number of fused-ring (bicyclic) bond motifs is 2.